The first-order valence-electron chi connectivity index (χ1n) is 6.88. The molecule has 1 N–H and O–H groups in total. The second-order valence-corrected chi connectivity index (χ2v) is 5.31. The lowest BCUT2D eigenvalue weighted by Crippen LogP contribution is -2.34. The minimum Gasteiger partial charge on any atom is -0.429 e. The Balaban J connectivity index is 1.88. The molecule has 3 atom stereocenters. The third-order valence-electron chi connectivity index (χ3n) is 4.00. The average molecular weight is 285 g/mol. The first kappa shape index (κ1) is 14.8. The van der Waals surface area contributed by atoms with E-state index in [0.717, 1.165) is 6.42 Å². The van der Waals surface area contributed by atoms with Crippen LogP contribution in [-0.2, 0) is 19.2 Å². The summed E-state index contributed by atoms with van der Waals surface area (Å²) in [6.45, 7) is 2.08. The van der Waals surface area contributed by atoms with E-state index < -0.39 is 18.0 Å². The summed E-state index contributed by atoms with van der Waals surface area (Å²) in [5.74, 6) is -0.621. The maximum Gasteiger partial charge on any atom is 0.534 e. The van der Waals surface area contributed by atoms with Crippen molar-refractivity contribution in [2.24, 2.45) is 11.8 Å². The molecule has 2 rings (SSSR count). The molecular weight excluding hydrogens is 266 g/mol. The summed E-state index contributed by atoms with van der Waals surface area (Å²) in [6, 6.07) is 0. The predicted octanol–water partition coefficient (Wildman–Crippen LogP) is 1.00. The van der Waals surface area contributed by atoms with Crippen molar-refractivity contribution in [1.29, 1.82) is 0 Å². The summed E-state index contributed by atoms with van der Waals surface area (Å²) in [5.41, 5.74) is 0. The van der Waals surface area contributed by atoms with Gasteiger partial charge in [-0.25, -0.2) is 4.79 Å². The number of nitrogens with zero attached hydrogens (tertiary/aromatic N) is 1. The van der Waals surface area contributed by atoms with Gasteiger partial charge in [0.25, 0.3) is 11.8 Å². The number of rotatable bonds is 4. The maximum absolute atomic E-state index is 11.6. The minimum absolute atomic E-state index is 0.0347. The van der Waals surface area contributed by atoms with E-state index in [4.69, 9.17) is 9.84 Å². The number of hydroxylamine groups is 2. The topological polar surface area (TPSA) is 93.1 Å². The number of aliphatic hydroxyl groups is 1. The first-order valence-corrected chi connectivity index (χ1v) is 6.88. The van der Waals surface area contributed by atoms with Crippen molar-refractivity contribution in [3.63, 3.8) is 0 Å². The standard InChI is InChI=1S/C13H19NO6/c1-8-2-3-10(9(8)6-7-15)19-13(18)20-14-11(16)4-5-12(14)17/h8-10,15H,2-7H2,1H3/t8-,9-,10+/m1/s1. The van der Waals surface area contributed by atoms with Crippen LogP contribution in [0.5, 0.6) is 0 Å². The van der Waals surface area contributed by atoms with Crippen LogP contribution in [0.2, 0.25) is 0 Å². The molecular formula is C13H19NO6. The summed E-state index contributed by atoms with van der Waals surface area (Å²) < 4.78 is 5.19. The molecule has 1 saturated heterocycles. The zero-order valence-electron chi connectivity index (χ0n) is 11.4. The molecule has 112 valence electrons. The summed E-state index contributed by atoms with van der Waals surface area (Å²) in [5, 5.41) is 9.50. The summed E-state index contributed by atoms with van der Waals surface area (Å²) in [7, 11) is 0. The smallest absolute Gasteiger partial charge is 0.429 e. The Morgan fingerprint density at radius 3 is 2.55 bits per heavy atom. The molecule has 0 radical (unpaired) electrons. The number of carbonyl (C=O) groups excluding carboxylic acids is 3. The molecule has 1 heterocycles. The average Bonchev–Trinajstić information content (AvgIpc) is 2.89. The fourth-order valence-corrected chi connectivity index (χ4v) is 2.87. The molecule has 0 spiro atoms. The number of hydrogen-bond acceptors (Lipinski definition) is 6. The van der Waals surface area contributed by atoms with E-state index in [1.807, 2.05) is 6.92 Å². The summed E-state index contributed by atoms with van der Waals surface area (Å²) in [4.78, 5) is 39.0. The van der Waals surface area contributed by atoms with Crippen molar-refractivity contribution in [3.8, 4) is 0 Å². The van der Waals surface area contributed by atoms with Gasteiger partial charge in [-0.3, -0.25) is 14.4 Å². The molecule has 0 aromatic carbocycles. The molecule has 2 amide bonds. The Morgan fingerprint density at radius 1 is 1.30 bits per heavy atom. The van der Waals surface area contributed by atoms with Gasteiger partial charge in [0.05, 0.1) is 0 Å². The SMILES string of the molecule is C[C@@H]1CC[C@H](OC(=O)ON2C(=O)CCC2=O)[C@@H]1CCO. The van der Waals surface area contributed by atoms with Gasteiger partial charge in [-0.15, -0.1) is 0 Å². The third kappa shape index (κ3) is 3.09. The van der Waals surface area contributed by atoms with Crippen molar-refractivity contribution >= 4 is 18.0 Å². The van der Waals surface area contributed by atoms with E-state index in [0.29, 0.717) is 23.8 Å². The van der Waals surface area contributed by atoms with Gasteiger partial charge in [0.2, 0.25) is 0 Å². The molecule has 2 fully saturated rings. The van der Waals surface area contributed by atoms with Gasteiger partial charge in [0, 0.05) is 25.4 Å². The molecule has 7 nitrogen and oxygen atoms in total. The molecule has 0 unspecified atom stereocenters. The molecule has 0 aromatic rings. The van der Waals surface area contributed by atoms with Gasteiger partial charge in [-0.1, -0.05) is 12.0 Å². The lowest BCUT2D eigenvalue weighted by atomic mass is 9.93. The predicted molar refractivity (Wildman–Crippen MR) is 66.0 cm³/mol. The summed E-state index contributed by atoms with van der Waals surface area (Å²) in [6.07, 6.45) is 0.903. The van der Waals surface area contributed by atoms with Crippen LogP contribution < -0.4 is 0 Å². The van der Waals surface area contributed by atoms with Crippen LogP contribution in [0.15, 0.2) is 0 Å². The number of ether oxygens (including phenoxy) is 1. The van der Waals surface area contributed by atoms with Crippen molar-refractivity contribution in [1.82, 2.24) is 5.06 Å². The molecule has 1 aliphatic heterocycles. The zero-order valence-corrected chi connectivity index (χ0v) is 11.4. The first-order chi connectivity index (χ1) is 9.52. The fourth-order valence-electron chi connectivity index (χ4n) is 2.87. The van der Waals surface area contributed by atoms with Gasteiger partial charge >= 0.3 is 6.16 Å². The molecule has 20 heavy (non-hydrogen) atoms. The van der Waals surface area contributed by atoms with E-state index in [-0.39, 0.29) is 31.5 Å². The normalized spacial score (nSPS) is 29.9. The van der Waals surface area contributed by atoms with Crippen LogP contribution >= 0.6 is 0 Å². The van der Waals surface area contributed by atoms with Crippen LogP contribution in [0.1, 0.15) is 39.0 Å². The molecule has 7 heteroatoms. The van der Waals surface area contributed by atoms with Crippen LogP contribution in [-0.4, -0.2) is 40.9 Å². The summed E-state index contributed by atoms with van der Waals surface area (Å²) >= 11 is 0. The number of aliphatic hydroxyl groups excluding tert-OH is 1. The lowest BCUT2D eigenvalue weighted by Gasteiger charge is -2.22. The second kappa shape index (κ2) is 6.21. The molecule has 0 aromatic heterocycles. The Labute approximate surface area is 116 Å². The monoisotopic (exact) mass is 285 g/mol. The zero-order chi connectivity index (χ0) is 14.7. The largest absolute Gasteiger partial charge is 0.534 e. The molecule has 2 aliphatic rings. The fraction of sp³-hybridized carbons (Fsp3) is 0.769. The number of imide groups is 1. The molecule has 1 aliphatic carbocycles. The molecule has 1 saturated carbocycles. The van der Waals surface area contributed by atoms with Crippen LogP contribution in [0.4, 0.5) is 4.79 Å². The van der Waals surface area contributed by atoms with Crippen molar-refractivity contribution in [3.05, 3.63) is 0 Å². The Hall–Kier alpha value is -1.63. The van der Waals surface area contributed by atoms with Crippen LogP contribution in [0.25, 0.3) is 0 Å². The third-order valence-corrected chi connectivity index (χ3v) is 4.00. The highest BCUT2D eigenvalue weighted by atomic mass is 16.8. The Bertz CT molecular complexity index is 394. The minimum atomic E-state index is -1.03. The van der Waals surface area contributed by atoms with Gasteiger partial charge < -0.3 is 9.84 Å². The van der Waals surface area contributed by atoms with E-state index in [1.165, 1.54) is 0 Å². The van der Waals surface area contributed by atoms with E-state index in [2.05, 4.69) is 4.84 Å². The van der Waals surface area contributed by atoms with Crippen LogP contribution in [0.3, 0.4) is 0 Å². The molecule has 0 bridgehead atoms. The van der Waals surface area contributed by atoms with Crippen molar-refractivity contribution < 1.29 is 29.1 Å². The van der Waals surface area contributed by atoms with Crippen molar-refractivity contribution in [2.75, 3.05) is 6.61 Å². The van der Waals surface area contributed by atoms with Gasteiger partial charge in [0.15, 0.2) is 0 Å². The van der Waals surface area contributed by atoms with E-state index in [9.17, 15) is 14.4 Å². The van der Waals surface area contributed by atoms with Gasteiger partial charge in [-0.2, -0.15) is 0 Å². The maximum atomic E-state index is 11.6. The van der Waals surface area contributed by atoms with Crippen molar-refractivity contribution in [2.45, 2.75) is 45.1 Å². The Kier molecular flexibility index (Phi) is 4.59. The highest BCUT2D eigenvalue weighted by Crippen LogP contribution is 2.36. The quantitative estimate of drug-likeness (QED) is 0.612. The van der Waals surface area contributed by atoms with E-state index >= 15 is 0 Å². The lowest BCUT2D eigenvalue weighted by molar-refractivity contribution is -0.179. The van der Waals surface area contributed by atoms with Crippen LogP contribution in [0, 0.1) is 11.8 Å². The highest BCUT2D eigenvalue weighted by molar-refractivity contribution is 6.01. The second-order valence-electron chi connectivity index (χ2n) is 5.31. The highest BCUT2D eigenvalue weighted by Gasteiger charge is 2.38. The van der Waals surface area contributed by atoms with E-state index in [1.54, 1.807) is 0 Å². The Morgan fingerprint density at radius 2 is 1.95 bits per heavy atom. The number of hydrogen-bond donors (Lipinski definition) is 1. The number of carbonyl (C=O) groups is 3. The number of amides is 2. The van der Waals surface area contributed by atoms with Gasteiger partial charge in [0.1, 0.15) is 6.10 Å². The van der Waals surface area contributed by atoms with Gasteiger partial charge in [-0.05, 0) is 25.2 Å².